The van der Waals surface area contributed by atoms with E-state index in [0.29, 0.717) is 18.0 Å². The Bertz CT molecular complexity index is 396. The van der Waals surface area contributed by atoms with Crippen LogP contribution in [0.5, 0.6) is 5.75 Å². The molecule has 2 unspecified atom stereocenters. The number of nitrogens with zero attached hydrogens (tertiary/aromatic N) is 2. The van der Waals surface area contributed by atoms with Gasteiger partial charge >= 0.3 is 0 Å². The number of hydrogen-bond donors (Lipinski definition) is 1. The van der Waals surface area contributed by atoms with Gasteiger partial charge in [-0.2, -0.15) is 5.10 Å². The molecule has 102 valence electrons. The Balaban J connectivity index is 2.20. The van der Waals surface area contributed by atoms with Gasteiger partial charge < -0.3 is 10.1 Å². The lowest BCUT2D eigenvalue weighted by atomic mass is 9.98. The molecule has 1 aromatic rings. The Labute approximate surface area is 110 Å². The molecule has 0 amide bonds. The van der Waals surface area contributed by atoms with Crippen LogP contribution in [0.2, 0.25) is 0 Å². The minimum atomic E-state index is 0.361. The van der Waals surface area contributed by atoms with Crippen molar-refractivity contribution in [2.45, 2.75) is 64.6 Å². The Morgan fingerprint density at radius 3 is 2.50 bits per heavy atom. The molecule has 1 aliphatic rings. The molecular formula is C14H25N3O. The van der Waals surface area contributed by atoms with Gasteiger partial charge in [-0.25, -0.2) is 0 Å². The van der Waals surface area contributed by atoms with Gasteiger partial charge in [-0.3, -0.25) is 4.68 Å². The van der Waals surface area contributed by atoms with E-state index < -0.39 is 0 Å². The first-order valence-electron chi connectivity index (χ1n) is 6.92. The van der Waals surface area contributed by atoms with Gasteiger partial charge in [-0.05, 0) is 33.6 Å². The number of ether oxygens (including phenoxy) is 1. The zero-order chi connectivity index (χ0) is 13.3. The zero-order valence-corrected chi connectivity index (χ0v) is 12.1. The summed E-state index contributed by atoms with van der Waals surface area (Å²) in [5.41, 5.74) is 1.20. The molecule has 0 saturated heterocycles. The molecule has 0 bridgehead atoms. The lowest BCUT2D eigenvalue weighted by Crippen LogP contribution is -2.33. The molecule has 18 heavy (non-hydrogen) atoms. The van der Waals surface area contributed by atoms with Crippen LogP contribution in [0.1, 0.15) is 58.2 Å². The second-order valence-electron chi connectivity index (χ2n) is 5.65. The van der Waals surface area contributed by atoms with Crippen molar-refractivity contribution in [3.8, 4) is 5.75 Å². The molecule has 0 aliphatic heterocycles. The molecule has 0 spiro atoms. The molecule has 1 N–H and O–H groups in total. The lowest BCUT2D eigenvalue weighted by Gasteiger charge is -2.24. The van der Waals surface area contributed by atoms with Crippen LogP contribution in [-0.4, -0.2) is 29.0 Å². The fraction of sp³-hybridized carbons (Fsp3) is 0.786. The number of rotatable bonds is 6. The Kier molecular flexibility index (Phi) is 3.95. The summed E-state index contributed by atoms with van der Waals surface area (Å²) >= 11 is 0. The van der Waals surface area contributed by atoms with Gasteiger partial charge in [0.15, 0.2) is 5.75 Å². The summed E-state index contributed by atoms with van der Waals surface area (Å²) < 4.78 is 7.53. The maximum absolute atomic E-state index is 5.46. The summed E-state index contributed by atoms with van der Waals surface area (Å²) in [4.78, 5) is 0. The number of nitrogens with one attached hydrogen (secondary N) is 1. The van der Waals surface area contributed by atoms with Crippen LogP contribution in [-0.2, 0) is 0 Å². The third-order valence-electron chi connectivity index (χ3n) is 3.76. The predicted molar refractivity (Wildman–Crippen MR) is 73.2 cm³/mol. The molecule has 1 fully saturated rings. The molecule has 4 nitrogen and oxygen atoms in total. The normalized spacial score (nSPS) is 19.0. The fourth-order valence-electron chi connectivity index (χ4n) is 2.36. The van der Waals surface area contributed by atoms with Gasteiger partial charge in [0, 0.05) is 24.0 Å². The first-order chi connectivity index (χ1) is 8.54. The first-order valence-corrected chi connectivity index (χ1v) is 6.92. The minimum Gasteiger partial charge on any atom is -0.493 e. The van der Waals surface area contributed by atoms with Crippen molar-refractivity contribution in [1.29, 1.82) is 0 Å². The Morgan fingerprint density at radius 2 is 2.00 bits per heavy atom. The van der Waals surface area contributed by atoms with E-state index >= 15 is 0 Å². The van der Waals surface area contributed by atoms with E-state index in [-0.39, 0.29) is 0 Å². The largest absolute Gasteiger partial charge is 0.493 e. The SMILES string of the molecule is COc1cnn(C(C)C)c1C(C)C(C)NC1CC1. The van der Waals surface area contributed by atoms with E-state index in [4.69, 9.17) is 4.74 Å². The molecule has 4 heteroatoms. The highest BCUT2D eigenvalue weighted by atomic mass is 16.5. The van der Waals surface area contributed by atoms with E-state index in [1.165, 1.54) is 18.5 Å². The van der Waals surface area contributed by atoms with Crippen molar-refractivity contribution in [3.05, 3.63) is 11.9 Å². The zero-order valence-electron chi connectivity index (χ0n) is 12.1. The van der Waals surface area contributed by atoms with Gasteiger partial charge in [0.25, 0.3) is 0 Å². The molecule has 0 radical (unpaired) electrons. The van der Waals surface area contributed by atoms with Crippen molar-refractivity contribution < 1.29 is 4.74 Å². The topological polar surface area (TPSA) is 39.1 Å². The van der Waals surface area contributed by atoms with Gasteiger partial charge in [0.05, 0.1) is 19.0 Å². The highest BCUT2D eigenvalue weighted by Gasteiger charge is 2.29. The summed E-state index contributed by atoms with van der Waals surface area (Å²) in [7, 11) is 1.72. The molecule has 1 aromatic heterocycles. The van der Waals surface area contributed by atoms with E-state index in [2.05, 4.69) is 42.8 Å². The monoisotopic (exact) mass is 251 g/mol. The maximum Gasteiger partial charge on any atom is 0.160 e. The standard InChI is InChI=1S/C14H25N3O/c1-9(2)17-14(13(18-5)8-15-17)10(3)11(4)16-12-6-7-12/h8-12,16H,6-7H2,1-5H3. The average Bonchev–Trinajstić information content (AvgIpc) is 3.03. The van der Waals surface area contributed by atoms with Crippen molar-refractivity contribution in [2.75, 3.05) is 7.11 Å². The molecular weight excluding hydrogens is 226 g/mol. The van der Waals surface area contributed by atoms with Crippen molar-refractivity contribution in [1.82, 2.24) is 15.1 Å². The summed E-state index contributed by atoms with van der Waals surface area (Å²) in [6.45, 7) is 8.81. The molecule has 2 rings (SSSR count). The smallest absolute Gasteiger partial charge is 0.160 e. The van der Waals surface area contributed by atoms with Crippen LogP contribution < -0.4 is 10.1 Å². The van der Waals surface area contributed by atoms with Crippen LogP contribution in [0.3, 0.4) is 0 Å². The van der Waals surface area contributed by atoms with Crippen molar-refractivity contribution >= 4 is 0 Å². The lowest BCUT2D eigenvalue weighted by molar-refractivity contribution is 0.380. The number of methoxy groups -OCH3 is 1. The first kappa shape index (κ1) is 13.4. The van der Waals surface area contributed by atoms with E-state index in [1.807, 2.05) is 6.20 Å². The molecule has 0 aromatic carbocycles. The van der Waals surface area contributed by atoms with Crippen LogP contribution in [0.25, 0.3) is 0 Å². The van der Waals surface area contributed by atoms with Crippen LogP contribution in [0, 0.1) is 0 Å². The Morgan fingerprint density at radius 1 is 1.33 bits per heavy atom. The third kappa shape index (κ3) is 2.69. The maximum atomic E-state index is 5.46. The molecule has 1 aliphatic carbocycles. The number of hydrogen-bond acceptors (Lipinski definition) is 3. The summed E-state index contributed by atoms with van der Waals surface area (Å²) in [6.07, 6.45) is 4.46. The number of aromatic nitrogens is 2. The van der Waals surface area contributed by atoms with Crippen molar-refractivity contribution in [2.24, 2.45) is 0 Å². The molecule has 1 saturated carbocycles. The summed E-state index contributed by atoms with van der Waals surface area (Å²) in [6, 6.07) is 1.53. The summed E-state index contributed by atoms with van der Waals surface area (Å²) in [5.74, 6) is 1.30. The van der Waals surface area contributed by atoms with E-state index in [1.54, 1.807) is 7.11 Å². The highest BCUT2D eigenvalue weighted by Crippen LogP contribution is 2.32. The van der Waals surface area contributed by atoms with Crippen molar-refractivity contribution in [3.63, 3.8) is 0 Å². The predicted octanol–water partition coefficient (Wildman–Crippen LogP) is 2.72. The van der Waals surface area contributed by atoms with E-state index in [0.717, 1.165) is 11.8 Å². The van der Waals surface area contributed by atoms with Crippen LogP contribution >= 0.6 is 0 Å². The van der Waals surface area contributed by atoms with Crippen LogP contribution in [0.15, 0.2) is 6.20 Å². The second-order valence-corrected chi connectivity index (χ2v) is 5.65. The van der Waals surface area contributed by atoms with Gasteiger partial charge in [0.2, 0.25) is 0 Å². The fourth-order valence-corrected chi connectivity index (χ4v) is 2.36. The molecule has 1 heterocycles. The third-order valence-corrected chi connectivity index (χ3v) is 3.76. The highest BCUT2D eigenvalue weighted by molar-refractivity contribution is 5.30. The molecule has 2 atom stereocenters. The van der Waals surface area contributed by atoms with Crippen LogP contribution in [0.4, 0.5) is 0 Å². The van der Waals surface area contributed by atoms with Gasteiger partial charge in [-0.15, -0.1) is 0 Å². The average molecular weight is 251 g/mol. The van der Waals surface area contributed by atoms with Gasteiger partial charge in [-0.1, -0.05) is 6.92 Å². The summed E-state index contributed by atoms with van der Waals surface area (Å²) in [5, 5.41) is 8.11. The second kappa shape index (κ2) is 5.31. The van der Waals surface area contributed by atoms with Gasteiger partial charge in [0.1, 0.15) is 0 Å². The Hall–Kier alpha value is -1.03. The quantitative estimate of drug-likeness (QED) is 0.845. The van der Waals surface area contributed by atoms with E-state index in [9.17, 15) is 0 Å². The minimum absolute atomic E-state index is 0.361.